The molecule has 0 bridgehead atoms. The van der Waals surface area contributed by atoms with Crippen LogP contribution in [0.4, 0.5) is 4.39 Å². The third kappa shape index (κ3) is 4.88. The number of nitrogens with one attached hydrogen (secondary N) is 1. The van der Waals surface area contributed by atoms with Gasteiger partial charge in [-0.3, -0.25) is 0 Å². The molecule has 1 rings (SSSR count). The Morgan fingerprint density at radius 1 is 1.20 bits per heavy atom. The highest BCUT2D eigenvalue weighted by Crippen LogP contribution is 2.26. The monoisotopic (exact) mass is 281 g/mol. The number of hydrogen-bond donors (Lipinski definition) is 1. The van der Waals surface area contributed by atoms with Crippen molar-refractivity contribution >= 4 is 0 Å². The van der Waals surface area contributed by atoms with Gasteiger partial charge in [-0.15, -0.1) is 0 Å². The largest absolute Gasteiger partial charge is 0.376 e. The third-order valence-electron chi connectivity index (χ3n) is 3.38. The minimum atomic E-state index is -0.178. The van der Waals surface area contributed by atoms with Crippen LogP contribution in [0.25, 0.3) is 0 Å². The van der Waals surface area contributed by atoms with Crippen molar-refractivity contribution in [2.45, 2.75) is 53.2 Å². The molecule has 0 heterocycles. The Balaban J connectivity index is 3.08. The molecular formula is C17H28FNO. The van der Waals surface area contributed by atoms with Crippen LogP contribution >= 0.6 is 0 Å². The molecule has 0 aliphatic rings. The maximum atomic E-state index is 13.7. The van der Waals surface area contributed by atoms with Gasteiger partial charge in [0.25, 0.3) is 0 Å². The van der Waals surface area contributed by atoms with Gasteiger partial charge in [-0.2, -0.15) is 0 Å². The highest BCUT2D eigenvalue weighted by Gasteiger charge is 2.26. The van der Waals surface area contributed by atoms with Crippen LogP contribution in [0.2, 0.25) is 0 Å². The first kappa shape index (κ1) is 17.1. The second-order valence-electron chi connectivity index (χ2n) is 5.66. The van der Waals surface area contributed by atoms with Crippen LogP contribution in [-0.2, 0) is 4.74 Å². The maximum absolute atomic E-state index is 13.7. The van der Waals surface area contributed by atoms with E-state index in [0.29, 0.717) is 12.5 Å². The van der Waals surface area contributed by atoms with E-state index in [1.54, 1.807) is 12.1 Å². The summed E-state index contributed by atoms with van der Waals surface area (Å²) in [7, 11) is 0. The fourth-order valence-electron chi connectivity index (χ4n) is 2.53. The van der Waals surface area contributed by atoms with E-state index in [9.17, 15) is 4.39 Å². The Hall–Kier alpha value is -0.930. The molecule has 2 unspecified atom stereocenters. The predicted octanol–water partition coefficient (Wildman–Crippen LogP) is 4.24. The first-order chi connectivity index (χ1) is 9.49. The summed E-state index contributed by atoms with van der Waals surface area (Å²) >= 11 is 0. The van der Waals surface area contributed by atoms with E-state index < -0.39 is 0 Å². The maximum Gasteiger partial charge on any atom is 0.123 e. The molecule has 0 saturated heterocycles. The molecular weight excluding hydrogens is 253 g/mol. The molecule has 1 aromatic carbocycles. The van der Waals surface area contributed by atoms with Gasteiger partial charge in [0.2, 0.25) is 0 Å². The lowest BCUT2D eigenvalue weighted by atomic mass is 9.92. The summed E-state index contributed by atoms with van der Waals surface area (Å²) in [5, 5.41) is 3.51. The van der Waals surface area contributed by atoms with E-state index in [4.69, 9.17) is 4.74 Å². The average Bonchev–Trinajstić information content (AvgIpc) is 2.36. The molecule has 114 valence electrons. The molecule has 0 saturated carbocycles. The van der Waals surface area contributed by atoms with Gasteiger partial charge in [-0.1, -0.05) is 26.8 Å². The van der Waals surface area contributed by atoms with E-state index in [2.05, 4.69) is 26.1 Å². The lowest BCUT2D eigenvalue weighted by Crippen LogP contribution is -2.37. The smallest absolute Gasteiger partial charge is 0.123 e. The molecule has 0 fully saturated rings. The first-order valence-corrected chi connectivity index (χ1v) is 7.61. The normalized spacial score (nSPS) is 14.6. The zero-order chi connectivity index (χ0) is 15.1. The molecule has 3 heteroatoms. The molecule has 1 N–H and O–H groups in total. The Bertz CT molecular complexity index is 386. The fraction of sp³-hybridized carbons (Fsp3) is 0.647. The summed E-state index contributed by atoms with van der Waals surface area (Å²) in [5.74, 6) is 0.190. The summed E-state index contributed by atoms with van der Waals surface area (Å²) in [5.41, 5.74) is 1.92. The van der Waals surface area contributed by atoms with E-state index in [-0.39, 0.29) is 18.0 Å². The second-order valence-corrected chi connectivity index (χ2v) is 5.66. The summed E-state index contributed by atoms with van der Waals surface area (Å²) in [6.45, 7) is 11.9. The number of rotatable bonds is 8. The average molecular weight is 281 g/mol. The highest BCUT2D eigenvalue weighted by molar-refractivity contribution is 5.27. The van der Waals surface area contributed by atoms with Crippen LogP contribution in [0.3, 0.4) is 0 Å². The Kier molecular flexibility index (Phi) is 7.17. The Morgan fingerprint density at radius 2 is 1.90 bits per heavy atom. The molecule has 1 aromatic rings. The Morgan fingerprint density at radius 3 is 2.40 bits per heavy atom. The second kappa shape index (κ2) is 8.38. The van der Waals surface area contributed by atoms with Gasteiger partial charge in [-0.05, 0) is 56.0 Å². The number of hydrogen-bond acceptors (Lipinski definition) is 2. The van der Waals surface area contributed by atoms with Crippen molar-refractivity contribution in [3.05, 3.63) is 35.1 Å². The quantitative estimate of drug-likeness (QED) is 0.769. The van der Waals surface area contributed by atoms with Crippen LogP contribution in [0.1, 0.15) is 51.3 Å². The van der Waals surface area contributed by atoms with Gasteiger partial charge < -0.3 is 10.1 Å². The van der Waals surface area contributed by atoms with Crippen LogP contribution in [0, 0.1) is 18.7 Å². The van der Waals surface area contributed by atoms with Crippen LogP contribution < -0.4 is 5.32 Å². The molecule has 2 nitrogen and oxygen atoms in total. The minimum Gasteiger partial charge on any atom is -0.376 e. The van der Waals surface area contributed by atoms with Crippen molar-refractivity contribution < 1.29 is 9.13 Å². The summed E-state index contributed by atoms with van der Waals surface area (Å²) in [6.07, 6.45) is 1.09. The van der Waals surface area contributed by atoms with Crippen LogP contribution in [0.15, 0.2) is 18.2 Å². The molecule has 0 aliphatic carbocycles. The molecule has 0 spiro atoms. The third-order valence-corrected chi connectivity index (χ3v) is 3.38. The predicted molar refractivity (Wildman–Crippen MR) is 82.4 cm³/mol. The van der Waals surface area contributed by atoms with E-state index >= 15 is 0 Å². The molecule has 0 amide bonds. The molecule has 20 heavy (non-hydrogen) atoms. The van der Waals surface area contributed by atoms with Crippen LogP contribution in [0.5, 0.6) is 0 Å². The van der Waals surface area contributed by atoms with Gasteiger partial charge in [0, 0.05) is 6.61 Å². The molecule has 0 aliphatic heterocycles. The van der Waals surface area contributed by atoms with Gasteiger partial charge in [0.1, 0.15) is 5.82 Å². The standard InChI is InChI=1S/C17H28FNO/c1-6-8-19-16(17(12(3)4)20-7-2)14-9-13(5)10-15(18)11-14/h9-12,16-17,19H,6-8H2,1-5H3. The van der Waals surface area contributed by atoms with Crippen molar-refractivity contribution in [1.82, 2.24) is 5.32 Å². The minimum absolute atomic E-state index is 0.0318. The molecule has 2 atom stereocenters. The van der Waals surface area contributed by atoms with E-state index in [1.165, 1.54) is 0 Å². The molecule has 0 radical (unpaired) electrons. The molecule has 0 aromatic heterocycles. The summed E-state index contributed by atoms with van der Waals surface area (Å²) in [6, 6.07) is 5.26. The SMILES string of the molecule is CCCNC(c1cc(C)cc(F)c1)C(OCC)C(C)C. The Labute approximate surface area is 122 Å². The van der Waals surface area contributed by atoms with Gasteiger partial charge in [0.15, 0.2) is 0 Å². The van der Waals surface area contributed by atoms with Crippen LogP contribution in [-0.4, -0.2) is 19.3 Å². The zero-order valence-electron chi connectivity index (χ0n) is 13.4. The lowest BCUT2D eigenvalue weighted by Gasteiger charge is -2.31. The van der Waals surface area contributed by atoms with Crippen molar-refractivity contribution in [2.24, 2.45) is 5.92 Å². The van der Waals surface area contributed by atoms with Crippen molar-refractivity contribution in [3.63, 3.8) is 0 Å². The zero-order valence-corrected chi connectivity index (χ0v) is 13.4. The highest BCUT2D eigenvalue weighted by atomic mass is 19.1. The van der Waals surface area contributed by atoms with Crippen molar-refractivity contribution in [3.8, 4) is 0 Å². The fourth-order valence-corrected chi connectivity index (χ4v) is 2.53. The lowest BCUT2D eigenvalue weighted by molar-refractivity contribution is 0.00277. The number of halogens is 1. The summed E-state index contributed by atoms with van der Waals surface area (Å²) in [4.78, 5) is 0. The number of aryl methyl sites for hydroxylation is 1. The van der Waals surface area contributed by atoms with Gasteiger partial charge >= 0.3 is 0 Å². The van der Waals surface area contributed by atoms with Gasteiger partial charge in [0.05, 0.1) is 12.1 Å². The summed E-state index contributed by atoms with van der Waals surface area (Å²) < 4.78 is 19.6. The van der Waals surface area contributed by atoms with E-state index in [1.807, 2.05) is 19.9 Å². The number of ether oxygens (including phenoxy) is 1. The van der Waals surface area contributed by atoms with E-state index in [0.717, 1.165) is 24.1 Å². The topological polar surface area (TPSA) is 21.3 Å². The van der Waals surface area contributed by atoms with Crippen molar-refractivity contribution in [1.29, 1.82) is 0 Å². The van der Waals surface area contributed by atoms with Crippen molar-refractivity contribution in [2.75, 3.05) is 13.2 Å². The first-order valence-electron chi connectivity index (χ1n) is 7.61. The number of benzene rings is 1. The van der Waals surface area contributed by atoms with Gasteiger partial charge in [-0.25, -0.2) is 4.39 Å².